The molecule has 0 fully saturated rings. The summed E-state index contributed by atoms with van der Waals surface area (Å²) in [6.45, 7) is 5.41. The van der Waals surface area contributed by atoms with E-state index in [1.54, 1.807) is 27.0 Å². The SMILES string of the molecule is CC(C)(C)OC(=O)Cn1cc(CNC(=O)[C@H](Cc2ccccc2)NC(=O)OCc2ccccc2)nn1. The maximum Gasteiger partial charge on any atom is 0.408 e. The van der Waals surface area contributed by atoms with Crippen molar-refractivity contribution in [3.05, 3.63) is 83.7 Å². The predicted octanol–water partition coefficient (Wildman–Crippen LogP) is 2.77. The lowest BCUT2D eigenvalue weighted by Crippen LogP contribution is -2.48. The number of carbonyl (C=O) groups is 3. The average Bonchev–Trinajstić information content (AvgIpc) is 3.28. The van der Waals surface area contributed by atoms with Gasteiger partial charge >= 0.3 is 12.1 Å². The third-order valence-corrected chi connectivity index (χ3v) is 4.84. The van der Waals surface area contributed by atoms with Crippen LogP contribution in [0.2, 0.25) is 0 Å². The van der Waals surface area contributed by atoms with Gasteiger partial charge in [-0.3, -0.25) is 9.59 Å². The molecule has 36 heavy (non-hydrogen) atoms. The molecule has 190 valence electrons. The summed E-state index contributed by atoms with van der Waals surface area (Å²) in [6, 6.07) is 17.8. The minimum atomic E-state index is -0.868. The standard InChI is InChI=1S/C26H31N5O5/c1-26(2,3)36-23(32)17-31-16-21(29-30-31)15-27-24(33)22(14-19-10-6-4-7-11-19)28-25(34)35-18-20-12-8-5-9-13-20/h4-13,16,22H,14-15,17-18H2,1-3H3,(H,27,33)(H,28,34)/t22-/m0/s1. The van der Waals surface area contributed by atoms with Crippen LogP contribution in [0.25, 0.3) is 0 Å². The summed E-state index contributed by atoms with van der Waals surface area (Å²) in [6.07, 6.45) is 1.13. The molecule has 0 saturated heterocycles. The molecule has 3 rings (SSSR count). The van der Waals surface area contributed by atoms with E-state index >= 15 is 0 Å². The molecule has 0 bridgehead atoms. The lowest BCUT2D eigenvalue weighted by atomic mass is 10.1. The van der Waals surface area contributed by atoms with Crippen molar-refractivity contribution in [3.8, 4) is 0 Å². The maximum atomic E-state index is 13.0. The number of hydrogen-bond acceptors (Lipinski definition) is 7. The minimum absolute atomic E-state index is 0.0686. The van der Waals surface area contributed by atoms with Gasteiger partial charge in [-0.1, -0.05) is 65.9 Å². The fourth-order valence-electron chi connectivity index (χ4n) is 3.27. The van der Waals surface area contributed by atoms with E-state index in [1.807, 2.05) is 60.7 Å². The molecule has 2 aromatic carbocycles. The molecule has 0 aliphatic rings. The van der Waals surface area contributed by atoms with E-state index in [2.05, 4.69) is 20.9 Å². The fraction of sp³-hybridized carbons (Fsp3) is 0.346. The Morgan fingerprint density at radius 3 is 2.25 bits per heavy atom. The molecule has 10 heteroatoms. The molecule has 2 N–H and O–H groups in total. The molecule has 0 aliphatic heterocycles. The third-order valence-electron chi connectivity index (χ3n) is 4.84. The van der Waals surface area contributed by atoms with Gasteiger partial charge in [-0.25, -0.2) is 9.48 Å². The fourth-order valence-corrected chi connectivity index (χ4v) is 3.27. The number of esters is 1. The number of rotatable bonds is 10. The highest BCUT2D eigenvalue weighted by atomic mass is 16.6. The molecule has 1 heterocycles. The van der Waals surface area contributed by atoms with Crippen molar-refractivity contribution in [2.75, 3.05) is 0 Å². The zero-order valence-electron chi connectivity index (χ0n) is 20.6. The first-order valence-corrected chi connectivity index (χ1v) is 11.6. The summed E-state index contributed by atoms with van der Waals surface area (Å²) in [7, 11) is 0. The molecule has 3 aromatic rings. The average molecular weight is 494 g/mol. The van der Waals surface area contributed by atoms with Crippen molar-refractivity contribution in [1.29, 1.82) is 0 Å². The predicted molar refractivity (Wildman–Crippen MR) is 131 cm³/mol. The van der Waals surface area contributed by atoms with Crippen molar-refractivity contribution in [2.24, 2.45) is 0 Å². The van der Waals surface area contributed by atoms with Crippen LogP contribution < -0.4 is 10.6 Å². The second-order valence-electron chi connectivity index (χ2n) is 9.16. The van der Waals surface area contributed by atoms with Crippen LogP contribution in [0.3, 0.4) is 0 Å². The van der Waals surface area contributed by atoms with Crippen molar-refractivity contribution >= 4 is 18.0 Å². The van der Waals surface area contributed by atoms with E-state index in [-0.39, 0.29) is 26.1 Å². The first kappa shape index (κ1) is 26.4. The van der Waals surface area contributed by atoms with E-state index in [9.17, 15) is 14.4 Å². The number of amides is 2. The van der Waals surface area contributed by atoms with Crippen LogP contribution in [0.5, 0.6) is 0 Å². The molecular formula is C26H31N5O5. The molecule has 0 spiro atoms. The van der Waals surface area contributed by atoms with E-state index in [0.717, 1.165) is 11.1 Å². The highest BCUT2D eigenvalue weighted by Gasteiger charge is 2.23. The summed E-state index contributed by atoms with van der Waals surface area (Å²) in [5.74, 6) is -0.846. The van der Waals surface area contributed by atoms with Gasteiger partial charge in [0.2, 0.25) is 5.91 Å². The molecular weight excluding hydrogens is 462 g/mol. The van der Waals surface area contributed by atoms with Gasteiger partial charge < -0.3 is 20.1 Å². The van der Waals surface area contributed by atoms with E-state index in [4.69, 9.17) is 9.47 Å². The first-order chi connectivity index (χ1) is 17.2. The first-order valence-electron chi connectivity index (χ1n) is 11.6. The molecule has 10 nitrogen and oxygen atoms in total. The summed E-state index contributed by atoms with van der Waals surface area (Å²) < 4.78 is 11.9. The summed E-state index contributed by atoms with van der Waals surface area (Å²) in [5, 5.41) is 13.3. The molecule has 1 atom stereocenters. The summed E-state index contributed by atoms with van der Waals surface area (Å²) >= 11 is 0. The van der Waals surface area contributed by atoms with E-state index < -0.39 is 29.6 Å². The Morgan fingerprint density at radius 1 is 0.972 bits per heavy atom. The van der Waals surface area contributed by atoms with Crippen molar-refractivity contribution in [3.63, 3.8) is 0 Å². The Bertz CT molecular complexity index is 1140. The lowest BCUT2D eigenvalue weighted by molar-refractivity contribution is -0.155. The van der Waals surface area contributed by atoms with Crippen LogP contribution in [-0.4, -0.2) is 44.6 Å². The zero-order valence-corrected chi connectivity index (χ0v) is 20.6. The number of nitrogens with one attached hydrogen (secondary N) is 2. The Labute approximate surface area is 210 Å². The van der Waals surface area contributed by atoms with E-state index in [1.165, 1.54) is 4.68 Å². The number of hydrogen-bond donors (Lipinski definition) is 2. The van der Waals surface area contributed by atoms with Crippen molar-refractivity contribution in [2.45, 2.75) is 58.5 Å². The van der Waals surface area contributed by atoms with Gasteiger partial charge in [0.05, 0.1) is 12.7 Å². The number of nitrogens with zero attached hydrogens (tertiary/aromatic N) is 3. The van der Waals surface area contributed by atoms with Crippen molar-refractivity contribution < 1.29 is 23.9 Å². The van der Waals surface area contributed by atoms with Gasteiger partial charge in [0.1, 0.15) is 30.5 Å². The van der Waals surface area contributed by atoms with Crippen molar-refractivity contribution in [1.82, 2.24) is 25.6 Å². The molecule has 0 saturated carbocycles. The van der Waals surface area contributed by atoms with Gasteiger partial charge in [-0.15, -0.1) is 5.10 Å². The summed E-state index contributed by atoms with van der Waals surface area (Å²) in [4.78, 5) is 37.4. The van der Waals surface area contributed by atoms with E-state index in [0.29, 0.717) is 5.69 Å². The van der Waals surface area contributed by atoms with Gasteiger partial charge in [-0.05, 0) is 31.9 Å². The third kappa shape index (κ3) is 9.21. The largest absolute Gasteiger partial charge is 0.459 e. The molecule has 0 radical (unpaired) electrons. The second-order valence-corrected chi connectivity index (χ2v) is 9.16. The number of benzene rings is 2. The second kappa shape index (κ2) is 12.5. The van der Waals surface area contributed by atoms with Crippen LogP contribution in [0, 0.1) is 0 Å². The number of carbonyl (C=O) groups excluding carboxylic acids is 3. The quantitative estimate of drug-likeness (QED) is 0.416. The number of alkyl carbamates (subject to hydrolysis) is 1. The van der Waals surface area contributed by atoms with Crippen LogP contribution >= 0.6 is 0 Å². The van der Waals surface area contributed by atoms with Gasteiger partial charge in [0, 0.05) is 6.42 Å². The highest BCUT2D eigenvalue weighted by Crippen LogP contribution is 2.08. The van der Waals surface area contributed by atoms with Gasteiger partial charge in [0.15, 0.2) is 0 Å². The monoisotopic (exact) mass is 493 g/mol. The highest BCUT2D eigenvalue weighted by molar-refractivity contribution is 5.85. The minimum Gasteiger partial charge on any atom is -0.459 e. The molecule has 1 aromatic heterocycles. The molecule has 0 aliphatic carbocycles. The normalized spacial score (nSPS) is 11.9. The molecule has 0 unspecified atom stereocenters. The van der Waals surface area contributed by atoms with Gasteiger partial charge in [0.25, 0.3) is 0 Å². The van der Waals surface area contributed by atoms with Crippen LogP contribution in [0.4, 0.5) is 4.79 Å². The Morgan fingerprint density at radius 2 is 1.61 bits per heavy atom. The summed E-state index contributed by atoms with van der Waals surface area (Å²) in [5.41, 5.74) is 1.57. The zero-order chi connectivity index (χ0) is 26.0. The Hall–Kier alpha value is -4.21. The van der Waals surface area contributed by atoms with Crippen LogP contribution in [0.15, 0.2) is 66.9 Å². The van der Waals surface area contributed by atoms with Crippen LogP contribution in [-0.2, 0) is 45.2 Å². The Balaban J connectivity index is 1.56. The lowest BCUT2D eigenvalue weighted by Gasteiger charge is -2.19. The van der Waals surface area contributed by atoms with Gasteiger partial charge in [-0.2, -0.15) is 0 Å². The topological polar surface area (TPSA) is 124 Å². The van der Waals surface area contributed by atoms with Crippen LogP contribution in [0.1, 0.15) is 37.6 Å². The Kier molecular flexibility index (Phi) is 9.15. The molecule has 2 amide bonds. The smallest absolute Gasteiger partial charge is 0.408 e. The number of aromatic nitrogens is 3. The maximum absolute atomic E-state index is 13.0. The number of ether oxygens (including phenoxy) is 2.